The molecule has 1 aliphatic rings. The molecule has 2 aromatic carbocycles. The van der Waals surface area contributed by atoms with Gasteiger partial charge in [0.2, 0.25) is 15.9 Å². The predicted molar refractivity (Wildman–Crippen MR) is 121 cm³/mol. The summed E-state index contributed by atoms with van der Waals surface area (Å²) >= 11 is 7.32. The quantitative estimate of drug-likeness (QED) is 0.435. The molecule has 0 radical (unpaired) electrons. The van der Waals surface area contributed by atoms with Gasteiger partial charge in [0.25, 0.3) is 0 Å². The Morgan fingerprint density at radius 1 is 1.16 bits per heavy atom. The highest BCUT2D eigenvalue weighted by Gasteiger charge is 2.26. The van der Waals surface area contributed by atoms with Gasteiger partial charge in [0, 0.05) is 23.0 Å². The van der Waals surface area contributed by atoms with Gasteiger partial charge in [-0.15, -0.1) is 11.8 Å². The van der Waals surface area contributed by atoms with Crippen LogP contribution in [-0.2, 0) is 19.6 Å². The van der Waals surface area contributed by atoms with E-state index in [-0.39, 0.29) is 22.7 Å². The van der Waals surface area contributed by atoms with Crippen molar-refractivity contribution in [2.24, 2.45) is 0 Å². The van der Waals surface area contributed by atoms with Gasteiger partial charge in [0.1, 0.15) is 12.4 Å². The maximum absolute atomic E-state index is 12.6. The third-order valence-corrected chi connectivity index (χ3v) is 7.87. The third-order valence-electron chi connectivity index (χ3n) is 4.60. The molecule has 1 amide bonds. The Bertz CT molecular complexity index is 962. The zero-order chi connectivity index (χ0) is 22.3. The molecule has 1 aliphatic heterocycles. The molecule has 1 atom stereocenters. The molecule has 0 aromatic heterocycles. The van der Waals surface area contributed by atoms with Gasteiger partial charge in [-0.05, 0) is 55.5 Å². The van der Waals surface area contributed by atoms with E-state index < -0.39 is 10.0 Å². The third kappa shape index (κ3) is 6.85. The molecule has 31 heavy (non-hydrogen) atoms. The summed E-state index contributed by atoms with van der Waals surface area (Å²) in [6.07, 6.45) is 0. The molecular formula is C21H25ClN2O5S2. The molecule has 10 heteroatoms. The van der Waals surface area contributed by atoms with E-state index in [1.54, 1.807) is 24.3 Å². The summed E-state index contributed by atoms with van der Waals surface area (Å²) in [5, 5.41) is 3.24. The fourth-order valence-corrected chi connectivity index (χ4v) is 5.33. The summed E-state index contributed by atoms with van der Waals surface area (Å²) in [6.45, 7) is 3.98. The highest BCUT2D eigenvalue weighted by atomic mass is 35.5. The van der Waals surface area contributed by atoms with Crippen LogP contribution >= 0.6 is 23.4 Å². The number of amides is 1. The smallest absolute Gasteiger partial charge is 0.243 e. The van der Waals surface area contributed by atoms with Gasteiger partial charge in [-0.2, -0.15) is 4.31 Å². The summed E-state index contributed by atoms with van der Waals surface area (Å²) in [4.78, 5) is 13.4. The van der Waals surface area contributed by atoms with Crippen molar-refractivity contribution >= 4 is 39.3 Å². The Hall–Kier alpha value is -1.78. The zero-order valence-electron chi connectivity index (χ0n) is 17.1. The lowest BCUT2D eigenvalue weighted by molar-refractivity contribution is -0.120. The van der Waals surface area contributed by atoms with E-state index in [1.807, 2.05) is 19.1 Å². The van der Waals surface area contributed by atoms with Gasteiger partial charge in [-0.3, -0.25) is 4.79 Å². The van der Waals surface area contributed by atoms with Crippen LogP contribution in [0.15, 0.2) is 58.3 Å². The van der Waals surface area contributed by atoms with E-state index in [2.05, 4.69) is 5.32 Å². The number of thioether (sulfide) groups is 1. The van der Waals surface area contributed by atoms with Crippen molar-refractivity contribution in [1.29, 1.82) is 0 Å². The topological polar surface area (TPSA) is 84.9 Å². The van der Waals surface area contributed by atoms with Crippen molar-refractivity contribution in [3.05, 3.63) is 53.6 Å². The molecule has 1 fully saturated rings. The minimum atomic E-state index is -3.52. The molecule has 3 rings (SSSR count). The number of halogens is 1. The van der Waals surface area contributed by atoms with Crippen molar-refractivity contribution in [2.45, 2.75) is 22.0 Å². The fourth-order valence-electron chi connectivity index (χ4n) is 2.90. The second kappa shape index (κ2) is 11.2. The van der Waals surface area contributed by atoms with Crippen molar-refractivity contribution in [3.63, 3.8) is 0 Å². The number of nitrogens with zero attached hydrogens (tertiary/aromatic N) is 1. The summed E-state index contributed by atoms with van der Waals surface area (Å²) in [5.41, 5.74) is 0. The van der Waals surface area contributed by atoms with Gasteiger partial charge in [-0.1, -0.05) is 11.6 Å². The minimum absolute atomic E-state index is 0.0875. The normalized spacial score (nSPS) is 15.9. The van der Waals surface area contributed by atoms with Gasteiger partial charge in [0.05, 0.1) is 29.9 Å². The van der Waals surface area contributed by atoms with Crippen LogP contribution in [0.3, 0.4) is 0 Å². The first-order chi connectivity index (χ1) is 14.9. The van der Waals surface area contributed by atoms with Gasteiger partial charge < -0.3 is 14.8 Å². The van der Waals surface area contributed by atoms with Crippen molar-refractivity contribution in [1.82, 2.24) is 9.62 Å². The van der Waals surface area contributed by atoms with Crippen LogP contribution in [-0.4, -0.2) is 63.3 Å². The van der Waals surface area contributed by atoms with Crippen LogP contribution in [0.5, 0.6) is 5.75 Å². The number of rotatable bonds is 9. The van der Waals surface area contributed by atoms with Crippen LogP contribution in [0.2, 0.25) is 5.02 Å². The van der Waals surface area contributed by atoms with Crippen LogP contribution < -0.4 is 10.1 Å². The number of carbonyl (C=O) groups excluding carboxylic acids is 1. The average molecular weight is 485 g/mol. The second-order valence-electron chi connectivity index (χ2n) is 6.84. The van der Waals surface area contributed by atoms with E-state index in [9.17, 15) is 13.2 Å². The minimum Gasteiger partial charge on any atom is -0.492 e. The van der Waals surface area contributed by atoms with E-state index >= 15 is 0 Å². The monoisotopic (exact) mass is 484 g/mol. The van der Waals surface area contributed by atoms with Crippen LogP contribution in [0, 0.1) is 0 Å². The summed E-state index contributed by atoms with van der Waals surface area (Å²) in [5.74, 6) is 0.453. The molecule has 1 heterocycles. The SMILES string of the molecule is C[C@H](Sc1ccc(Cl)cc1)C(=O)NCCOc1ccc(S(=O)(=O)N2CCOCC2)cc1. The molecular weight excluding hydrogens is 460 g/mol. The van der Waals surface area contributed by atoms with Crippen molar-refractivity contribution < 1.29 is 22.7 Å². The number of hydrogen-bond acceptors (Lipinski definition) is 6. The Labute approximate surface area is 192 Å². The number of ether oxygens (including phenoxy) is 2. The first-order valence-corrected chi connectivity index (χ1v) is 12.6. The van der Waals surface area contributed by atoms with Gasteiger partial charge in [0.15, 0.2) is 0 Å². The molecule has 0 aliphatic carbocycles. The maximum Gasteiger partial charge on any atom is 0.243 e. The van der Waals surface area contributed by atoms with Gasteiger partial charge >= 0.3 is 0 Å². The molecule has 168 valence electrons. The number of hydrogen-bond donors (Lipinski definition) is 1. The first-order valence-electron chi connectivity index (χ1n) is 9.87. The Balaban J connectivity index is 1.42. The number of sulfonamides is 1. The predicted octanol–water partition coefficient (Wildman–Crippen LogP) is 3.04. The van der Waals surface area contributed by atoms with Crippen LogP contribution in [0.4, 0.5) is 0 Å². The van der Waals surface area contributed by atoms with Crippen molar-refractivity contribution in [3.8, 4) is 5.75 Å². The molecule has 1 N–H and O–H groups in total. The van der Waals surface area contributed by atoms with E-state index in [0.29, 0.717) is 43.6 Å². The fraction of sp³-hybridized carbons (Fsp3) is 0.381. The van der Waals surface area contributed by atoms with Crippen LogP contribution in [0.1, 0.15) is 6.92 Å². The standard InChI is InChI=1S/C21H25ClN2O5S2/c1-16(30-19-6-2-17(22)3-7-19)21(25)23-10-13-29-18-4-8-20(9-5-18)31(26,27)24-11-14-28-15-12-24/h2-9,16H,10-15H2,1H3,(H,23,25)/t16-/m0/s1. The summed E-state index contributed by atoms with van der Waals surface area (Å²) in [7, 11) is -3.52. The summed E-state index contributed by atoms with van der Waals surface area (Å²) < 4.78 is 37.5. The summed E-state index contributed by atoms with van der Waals surface area (Å²) in [6, 6.07) is 13.6. The zero-order valence-corrected chi connectivity index (χ0v) is 19.5. The average Bonchev–Trinajstić information content (AvgIpc) is 2.79. The van der Waals surface area contributed by atoms with E-state index in [0.717, 1.165) is 4.90 Å². The largest absolute Gasteiger partial charge is 0.492 e. The maximum atomic E-state index is 12.6. The first kappa shape index (κ1) is 23.9. The highest BCUT2D eigenvalue weighted by Crippen LogP contribution is 2.25. The number of carbonyl (C=O) groups is 1. The molecule has 0 unspecified atom stereocenters. The highest BCUT2D eigenvalue weighted by molar-refractivity contribution is 8.00. The lowest BCUT2D eigenvalue weighted by atomic mass is 10.3. The lowest BCUT2D eigenvalue weighted by Crippen LogP contribution is -2.40. The Morgan fingerprint density at radius 2 is 1.81 bits per heavy atom. The molecule has 1 saturated heterocycles. The van der Waals surface area contributed by atoms with Crippen LogP contribution in [0.25, 0.3) is 0 Å². The molecule has 0 saturated carbocycles. The lowest BCUT2D eigenvalue weighted by Gasteiger charge is -2.26. The number of morpholine rings is 1. The number of nitrogens with one attached hydrogen (secondary N) is 1. The Kier molecular flexibility index (Phi) is 8.62. The molecule has 0 spiro atoms. The van der Waals surface area contributed by atoms with Crippen molar-refractivity contribution in [2.75, 3.05) is 39.5 Å². The second-order valence-corrected chi connectivity index (χ2v) is 10.6. The van der Waals surface area contributed by atoms with E-state index in [4.69, 9.17) is 21.1 Å². The molecule has 0 bridgehead atoms. The molecule has 2 aromatic rings. The number of benzene rings is 2. The Morgan fingerprint density at radius 3 is 2.45 bits per heavy atom. The van der Waals surface area contributed by atoms with E-state index in [1.165, 1.54) is 28.2 Å². The van der Waals surface area contributed by atoms with Gasteiger partial charge in [-0.25, -0.2) is 8.42 Å². The molecule has 7 nitrogen and oxygen atoms in total.